The average Bonchev–Trinajstić information content (AvgIpc) is 2.44. The molecule has 8 rings (SSSR count). The summed E-state index contributed by atoms with van der Waals surface area (Å²) in [6.07, 6.45) is -25.8. The molecule has 0 aromatic heterocycles. The Labute approximate surface area is 486 Å². The number of hydrogen-bond acceptors (Lipinski definition) is 26. The molecular weight excluding hydrogens is 1110 g/mol. The van der Waals surface area contributed by atoms with E-state index in [1.807, 2.05) is 0 Å². The van der Waals surface area contributed by atoms with Gasteiger partial charge in [-0.05, 0) is 78.0 Å². The normalized spacial score (nSPS) is 39.5. The lowest BCUT2D eigenvalue weighted by molar-refractivity contribution is -0.334. The number of ether oxygens (including phenoxy) is 14. The van der Waals surface area contributed by atoms with Crippen molar-refractivity contribution in [3.63, 3.8) is 0 Å². The number of benzene rings is 2. The molecule has 84 heavy (non-hydrogen) atoms. The van der Waals surface area contributed by atoms with Gasteiger partial charge in [-0.2, -0.15) is 0 Å². The van der Waals surface area contributed by atoms with Crippen LogP contribution in [0.5, 0.6) is 17.2 Å². The van der Waals surface area contributed by atoms with Gasteiger partial charge in [-0.3, -0.25) is 19.2 Å². The standard InChI is InChI=1S/C58H84O26/c1-22(2)57(69)84-56-28(8)77-43(21-58(56,10)70)81-37-18-41(73-24(4)48(37)65)80-36-19-42(74-25(5)47(36)64)83-55-33(54(72-12)51(68)46(63)23(3)59)15-31-13-30-14-32(16-34(61)44(30)49(66)45(31)50(55)67)79-40-20-38(78-29(9)60)53(27(7)76-40)82-39-17-35(62)52(71-11)26(6)75-39/h13-14,16,22-28,33,35-43,46-48,52-56,59,61-66,70H,15,17-21H2,1-12H3/t23-,24?,25?,26?,27?,28?,33+,35?,36?,37?,38?,39?,40?,41?,42?,43?,46+,47?,48?,52?,53?,54+,55+,56?,58?/m1/s1. The van der Waals surface area contributed by atoms with Crippen LogP contribution in [0.2, 0.25) is 0 Å². The minimum Gasteiger partial charge on any atom is -0.507 e. The van der Waals surface area contributed by atoms with E-state index in [1.54, 1.807) is 41.5 Å². The largest absolute Gasteiger partial charge is 0.507 e. The highest BCUT2D eigenvalue weighted by atomic mass is 16.7. The molecule has 2 aromatic carbocycles. The van der Waals surface area contributed by atoms with Gasteiger partial charge < -0.3 is 107 Å². The summed E-state index contributed by atoms with van der Waals surface area (Å²) in [6, 6.07) is 4.18. The summed E-state index contributed by atoms with van der Waals surface area (Å²) in [5, 5.41) is 89.7. The molecule has 26 heteroatoms. The maximum absolute atomic E-state index is 15.1. The van der Waals surface area contributed by atoms with Crippen LogP contribution in [0.4, 0.5) is 0 Å². The summed E-state index contributed by atoms with van der Waals surface area (Å²) in [4.78, 5) is 53.9. The Hall–Kier alpha value is -4.30. The molecule has 2 aromatic rings. The second-order valence-electron chi connectivity index (χ2n) is 23.7. The van der Waals surface area contributed by atoms with Gasteiger partial charge in [0, 0.05) is 65.2 Å². The van der Waals surface area contributed by atoms with Crippen LogP contribution in [-0.2, 0) is 82.4 Å². The number of methoxy groups -OCH3 is 2. The van der Waals surface area contributed by atoms with E-state index < -0.39 is 194 Å². The lowest BCUT2D eigenvalue weighted by atomic mass is 9.75. The van der Waals surface area contributed by atoms with Crippen molar-refractivity contribution in [2.75, 3.05) is 14.2 Å². The van der Waals surface area contributed by atoms with Crippen molar-refractivity contribution in [2.24, 2.45) is 11.8 Å². The number of hydrogen-bond donors (Lipinski definition) is 8. The summed E-state index contributed by atoms with van der Waals surface area (Å²) in [6.45, 7) is 15.5. The van der Waals surface area contributed by atoms with Crippen LogP contribution in [0.25, 0.3) is 10.8 Å². The third-order valence-corrected chi connectivity index (χ3v) is 16.7. The van der Waals surface area contributed by atoms with E-state index in [2.05, 4.69) is 0 Å². The van der Waals surface area contributed by atoms with Gasteiger partial charge in [-0.1, -0.05) is 13.8 Å². The molecule has 20 unspecified atom stereocenters. The van der Waals surface area contributed by atoms with Crippen LogP contribution < -0.4 is 4.74 Å². The van der Waals surface area contributed by atoms with Gasteiger partial charge in [0.05, 0.1) is 71.8 Å². The molecular formula is C58H84O26. The van der Waals surface area contributed by atoms with Crippen LogP contribution in [-0.4, -0.2) is 225 Å². The highest BCUT2D eigenvalue weighted by Gasteiger charge is 2.53. The summed E-state index contributed by atoms with van der Waals surface area (Å²) in [7, 11) is 2.65. The first-order valence-corrected chi connectivity index (χ1v) is 28.7. The van der Waals surface area contributed by atoms with E-state index in [0.717, 1.165) is 0 Å². The van der Waals surface area contributed by atoms with Gasteiger partial charge in [0.1, 0.15) is 71.7 Å². The Morgan fingerprint density at radius 1 is 0.690 bits per heavy atom. The number of esters is 2. The minimum atomic E-state index is -1.96. The molecule has 5 heterocycles. The Morgan fingerprint density at radius 2 is 1.25 bits per heavy atom. The van der Waals surface area contributed by atoms with Crippen LogP contribution in [0.1, 0.15) is 117 Å². The lowest BCUT2D eigenvalue weighted by Gasteiger charge is -2.47. The van der Waals surface area contributed by atoms with Gasteiger partial charge in [0.25, 0.3) is 0 Å². The molecule has 1 aliphatic carbocycles. The maximum atomic E-state index is 15.1. The van der Waals surface area contributed by atoms with Crippen LogP contribution in [0, 0.1) is 11.8 Å². The van der Waals surface area contributed by atoms with Gasteiger partial charge in [-0.25, -0.2) is 0 Å². The van der Waals surface area contributed by atoms with E-state index in [1.165, 1.54) is 60.1 Å². The van der Waals surface area contributed by atoms with Gasteiger partial charge in [0.15, 0.2) is 42.8 Å². The maximum Gasteiger partial charge on any atom is 0.308 e. The molecule has 6 aliphatic rings. The number of rotatable bonds is 19. The average molecular weight is 1200 g/mol. The number of aliphatic hydroxyl groups excluding tert-OH is 5. The third-order valence-electron chi connectivity index (χ3n) is 16.7. The molecule has 0 bridgehead atoms. The Bertz CT molecular complexity index is 2620. The van der Waals surface area contributed by atoms with E-state index in [4.69, 9.17) is 66.3 Å². The predicted molar refractivity (Wildman–Crippen MR) is 287 cm³/mol. The molecule has 0 spiro atoms. The zero-order chi connectivity index (χ0) is 61.5. The predicted octanol–water partition coefficient (Wildman–Crippen LogP) is 1.87. The highest BCUT2D eigenvalue weighted by Crippen LogP contribution is 2.46. The number of Topliss-reactive ketones (excluding diaryl/α,β-unsaturated/α-hetero) is 2. The van der Waals surface area contributed by atoms with E-state index >= 15 is 4.79 Å². The van der Waals surface area contributed by atoms with Crippen molar-refractivity contribution >= 4 is 34.3 Å². The number of carbonyl (C=O) groups excluding carboxylic acids is 4. The monoisotopic (exact) mass is 1200 g/mol. The Kier molecular flexibility index (Phi) is 21.1. The third kappa shape index (κ3) is 14.3. The smallest absolute Gasteiger partial charge is 0.308 e. The number of fused-ring (bicyclic) bond motifs is 2. The molecule has 5 fully saturated rings. The van der Waals surface area contributed by atoms with Crippen molar-refractivity contribution in [1.82, 2.24) is 0 Å². The number of phenolic OH excluding ortho intramolecular Hbond substituents is 2. The topological polar surface area (TPSA) is 359 Å². The number of carbonyl (C=O) groups is 4. The van der Waals surface area contributed by atoms with Crippen molar-refractivity contribution < 1.29 is 126 Å². The molecule has 472 valence electrons. The van der Waals surface area contributed by atoms with E-state index in [9.17, 15) is 55.2 Å². The first-order valence-electron chi connectivity index (χ1n) is 28.7. The van der Waals surface area contributed by atoms with Gasteiger partial charge in [-0.15, -0.1) is 0 Å². The van der Waals surface area contributed by atoms with E-state index in [-0.39, 0.29) is 66.2 Å². The number of phenols is 2. The quantitative estimate of drug-likeness (QED) is 0.0931. The van der Waals surface area contributed by atoms with Crippen LogP contribution in [0.3, 0.4) is 0 Å². The van der Waals surface area contributed by atoms with Crippen LogP contribution >= 0.6 is 0 Å². The molecule has 8 N–H and O–H groups in total. The number of aromatic hydroxyl groups is 2. The zero-order valence-corrected chi connectivity index (χ0v) is 49.3. The summed E-state index contributed by atoms with van der Waals surface area (Å²) < 4.78 is 84.3. The molecule has 25 atom stereocenters. The van der Waals surface area contributed by atoms with Crippen molar-refractivity contribution in [1.29, 1.82) is 0 Å². The number of aliphatic hydroxyl groups is 6. The zero-order valence-electron chi connectivity index (χ0n) is 49.3. The highest BCUT2D eigenvalue weighted by molar-refractivity contribution is 6.11. The Balaban J connectivity index is 1.01. The Morgan fingerprint density at radius 3 is 1.82 bits per heavy atom. The first-order chi connectivity index (χ1) is 39.5. The first kappa shape index (κ1) is 65.7. The molecule has 0 saturated carbocycles. The van der Waals surface area contributed by atoms with Gasteiger partial charge >= 0.3 is 11.9 Å². The molecule has 5 saturated heterocycles. The summed E-state index contributed by atoms with van der Waals surface area (Å²) in [5.41, 5.74) is -1.66. The van der Waals surface area contributed by atoms with E-state index in [0.29, 0.717) is 0 Å². The number of ketones is 2. The summed E-state index contributed by atoms with van der Waals surface area (Å²) in [5.74, 6) is -5.81. The minimum absolute atomic E-state index is 0.0401. The summed E-state index contributed by atoms with van der Waals surface area (Å²) >= 11 is 0. The van der Waals surface area contributed by atoms with Crippen molar-refractivity contribution in [3.05, 3.63) is 29.3 Å². The molecule has 26 nitrogen and oxygen atoms in total. The van der Waals surface area contributed by atoms with Crippen LogP contribution in [0.15, 0.2) is 18.2 Å². The SMILES string of the molecule is COC1C(O)CC(OC2C(C)OC(Oc3cc(O)c4c(O)c5c(cc4c3)C[C@@H]([C@H](OC)C(=O)[C@@H](O)[C@@H](C)O)[C@H](OC3CC(OC4CC(OC6CC(C)(O)C(OC(=O)C(C)C)C(C)O6)C(O)C(C)O4)C(O)C(C)O3)C5=O)CC2OC(C)=O)OC1C. The molecule has 5 aliphatic heterocycles. The fourth-order valence-electron chi connectivity index (χ4n) is 12.3. The lowest BCUT2D eigenvalue weighted by Crippen LogP contribution is -2.59. The molecule has 0 radical (unpaired) electrons. The van der Waals surface area contributed by atoms with Crippen molar-refractivity contribution in [2.45, 2.75) is 255 Å². The fraction of sp³-hybridized carbons (Fsp3) is 0.759. The second-order valence-corrected chi connectivity index (χ2v) is 23.7. The van der Waals surface area contributed by atoms with Crippen molar-refractivity contribution in [3.8, 4) is 17.2 Å². The van der Waals surface area contributed by atoms with Gasteiger partial charge in [0.2, 0.25) is 6.29 Å². The molecule has 0 amide bonds. The fourth-order valence-corrected chi connectivity index (χ4v) is 12.3. The second kappa shape index (κ2) is 27.0.